The highest BCUT2D eigenvalue weighted by atomic mass is 127. The zero-order valence-electron chi connectivity index (χ0n) is 17.3. The van der Waals surface area contributed by atoms with Crippen LogP contribution < -0.4 is 15.4 Å². The number of hydrogen-bond acceptors (Lipinski definition) is 5. The van der Waals surface area contributed by atoms with Gasteiger partial charge in [-0.1, -0.05) is 24.3 Å². The Bertz CT molecular complexity index is 783. The number of nitro groups is 1. The smallest absolute Gasteiger partial charge is 0.269 e. The van der Waals surface area contributed by atoms with Crippen LogP contribution in [0.5, 0.6) is 5.75 Å². The van der Waals surface area contributed by atoms with Gasteiger partial charge in [0.1, 0.15) is 5.75 Å². The van der Waals surface area contributed by atoms with Gasteiger partial charge < -0.3 is 20.1 Å². The van der Waals surface area contributed by atoms with E-state index in [1.807, 2.05) is 31.2 Å². The Labute approximate surface area is 194 Å². The zero-order valence-corrected chi connectivity index (χ0v) is 19.6. The lowest BCUT2D eigenvalue weighted by molar-refractivity contribution is -0.384. The Balaban J connectivity index is 0.00000450. The van der Waals surface area contributed by atoms with Crippen LogP contribution in [0.15, 0.2) is 53.5 Å². The van der Waals surface area contributed by atoms with Crippen molar-refractivity contribution in [1.29, 1.82) is 0 Å². The molecule has 0 saturated heterocycles. The number of nitrogens with one attached hydrogen (secondary N) is 2. The van der Waals surface area contributed by atoms with Crippen molar-refractivity contribution in [2.24, 2.45) is 4.99 Å². The van der Waals surface area contributed by atoms with E-state index in [4.69, 9.17) is 9.47 Å². The second kappa shape index (κ2) is 14.6. The Hall–Kier alpha value is -2.40. The topological polar surface area (TPSA) is 98.0 Å². The zero-order chi connectivity index (χ0) is 20.9. The van der Waals surface area contributed by atoms with Crippen molar-refractivity contribution in [3.05, 3.63) is 69.8 Å². The maximum absolute atomic E-state index is 10.8. The minimum Gasteiger partial charge on any atom is -0.497 e. The van der Waals surface area contributed by atoms with Gasteiger partial charge in [0.15, 0.2) is 5.96 Å². The molecule has 164 valence electrons. The number of hydrogen-bond donors (Lipinski definition) is 2. The molecule has 0 aliphatic rings. The van der Waals surface area contributed by atoms with Gasteiger partial charge >= 0.3 is 0 Å². The largest absolute Gasteiger partial charge is 0.497 e. The molecule has 0 amide bonds. The molecule has 8 nitrogen and oxygen atoms in total. The molecule has 2 N–H and O–H groups in total. The summed E-state index contributed by atoms with van der Waals surface area (Å²) in [6, 6.07) is 14.2. The fourth-order valence-corrected chi connectivity index (χ4v) is 2.52. The highest BCUT2D eigenvalue weighted by Crippen LogP contribution is 2.13. The number of benzene rings is 2. The van der Waals surface area contributed by atoms with Crippen LogP contribution in [0.1, 0.15) is 24.5 Å². The molecule has 0 fully saturated rings. The number of aliphatic imine (C=N–C) groups is 1. The first kappa shape index (κ1) is 25.6. The van der Waals surface area contributed by atoms with E-state index < -0.39 is 4.92 Å². The number of methoxy groups -OCH3 is 1. The summed E-state index contributed by atoms with van der Waals surface area (Å²) in [4.78, 5) is 15.0. The summed E-state index contributed by atoms with van der Waals surface area (Å²) in [5, 5.41) is 17.3. The Morgan fingerprint density at radius 3 is 2.33 bits per heavy atom. The monoisotopic (exact) mass is 528 g/mol. The quantitative estimate of drug-likeness (QED) is 0.115. The standard InChI is InChI=1S/C21H28N4O4.HI/c1-3-29-14-4-13-22-21(24-16-18-7-11-20(28-2)12-8-18)23-15-17-5-9-19(10-6-17)25(26)27;/h5-12H,3-4,13-16H2,1-2H3,(H2,22,23,24);1H. The molecular weight excluding hydrogens is 499 g/mol. The molecule has 0 bridgehead atoms. The molecule has 0 unspecified atom stereocenters. The first-order valence-electron chi connectivity index (χ1n) is 9.58. The molecule has 30 heavy (non-hydrogen) atoms. The lowest BCUT2D eigenvalue weighted by Gasteiger charge is -2.13. The van der Waals surface area contributed by atoms with Crippen LogP contribution in [0.25, 0.3) is 0 Å². The van der Waals surface area contributed by atoms with Crippen molar-refractivity contribution >= 4 is 35.6 Å². The number of ether oxygens (including phenoxy) is 2. The van der Waals surface area contributed by atoms with Gasteiger partial charge in [-0.25, -0.2) is 4.99 Å². The van der Waals surface area contributed by atoms with Crippen molar-refractivity contribution < 1.29 is 14.4 Å². The maximum Gasteiger partial charge on any atom is 0.269 e. The van der Waals surface area contributed by atoms with Gasteiger partial charge in [-0.3, -0.25) is 10.1 Å². The third-order valence-electron chi connectivity index (χ3n) is 4.15. The van der Waals surface area contributed by atoms with Crippen LogP contribution in [0.3, 0.4) is 0 Å². The summed E-state index contributed by atoms with van der Waals surface area (Å²) in [7, 11) is 1.64. The van der Waals surface area contributed by atoms with Gasteiger partial charge in [-0.2, -0.15) is 0 Å². The number of halogens is 1. The van der Waals surface area contributed by atoms with E-state index in [9.17, 15) is 10.1 Å². The van der Waals surface area contributed by atoms with Gasteiger partial charge in [0.25, 0.3) is 5.69 Å². The molecular formula is C21H29IN4O4. The van der Waals surface area contributed by atoms with Crippen LogP contribution in [-0.4, -0.2) is 37.8 Å². The van der Waals surface area contributed by atoms with E-state index in [1.54, 1.807) is 19.2 Å². The summed E-state index contributed by atoms with van der Waals surface area (Å²) in [5.74, 6) is 1.49. The third kappa shape index (κ3) is 9.40. The summed E-state index contributed by atoms with van der Waals surface area (Å²) in [6.07, 6.45) is 0.870. The lowest BCUT2D eigenvalue weighted by atomic mass is 10.2. The van der Waals surface area contributed by atoms with Crippen molar-refractivity contribution in [2.75, 3.05) is 26.9 Å². The maximum atomic E-state index is 10.8. The second-order valence-corrected chi connectivity index (χ2v) is 6.27. The van der Waals surface area contributed by atoms with Crippen LogP contribution in [0.4, 0.5) is 5.69 Å². The average molecular weight is 528 g/mol. The average Bonchev–Trinajstić information content (AvgIpc) is 2.75. The number of nitrogens with zero attached hydrogens (tertiary/aromatic N) is 2. The minimum atomic E-state index is -0.404. The molecule has 0 radical (unpaired) electrons. The fourth-order valence-electron chi connectivity index (χ4n) is 2.52. The molecule has 0 aliphatic heterocycles. The van der Waals surface area contributed by atoms with E-state index in [2.05, 4.69) is 15.6 Å². The van der Waals surface area contributed by atoms with Gasteiger partial charge in [0, 0.05) is 38.4 Å². The summed E-state index contributed by atoms with van der Waals surface area (Å²) in [6.45, 7) is 5.13. The molecule has 2 aromatic carbocycles. The summed E-state index contributed by atoms with van der Waals surface area (Å²) in [5.41, 5.74) is 2.08. The SMILES string of the molecule is CCOCCCNC(=NCc1ccc(OC)cc1)NCc1ccc([N+](=O)[O-])cc1.I. The molecule has 0 spiro atoms. The minimum absolute atomic E-state index is 0. The number of non-ortho nitro benzene ring substituents is 1. The van der Waals surface area contributed by atoms with E-state index in [0.29, 0.717) is 32.3 Å². The number of rotatable bonds is 11. The fraction of sp³-hybridized carbons (Fsp3) is 0.381. The molecule has 2 rings (SSSR count). The lowest BCUT2D eigenvalue weighted by Crippen LogP contribution is -2.37. The van der Waals surface area contributed by atoms with E-state index in [-0.39, 0.29) is 29.7 Å². The van der Waals surface area contributed by atoms with Crippen LogP contribution >= 0.6 is 24.0 Å². The molecule has 0 aromatic heterocycles. The van der Waals surface area contributed by atoms with Crippen molar-refractivity contribution in [3.63, 3.8) is 0 Å². The molecule has 0 atom stereocenters. The predicted octanol–water partition coefficient (Wildman–Crippen LogP) is 3.88. The van der Waals surface area contributed by atoms with Gasteiger partial charge in [0.2, 0.25) is 0 Å². The van der Waals surface area contributed by atoms with Gasteiger partial charge in [-0.05, 0) is 36.6 Å². The number of guanidine groups is 1. The van der Waals surface area contributed by atoms with Crippen molar-refractivity contribution in [3.8, 4) is 5.75 Å². The van der Waals surface area contributed by atoms with Gasteiger partial charge in [0.05, 0.1) is 18.6 Å². The second-order valence-electron chi connectivity index (χ2n) is 6.27. The summed E-state index contributed by atoms with van der Waals surface area (Å²) < 4.78 is 10.5. The first-order valence-corrected chi connectivity index (χ1v) is 9.58. The Morgan fingerprint density at radius 2 is 1.73 bits per heavy atom. The van der Waals surface area contributed by atoms with Crippen LogP contribution in [0, 0.1) is 10.1 Å². The van der Waals surface area contributed by atoms with E-state index in [1.165, 1.54) is 12.1 Å². The Morgan fingerprint density at radius 1 is 1.07 bits per heavy atom. The third-order valence-corrected chi connectivity index (χ3v) is 4.15. The molecule has 0 saturated carbocycles. The Kier molecular flexibility index (Phi) is 12.4. The van der Waals surface area contributed by atoms with Gasteiger partial charge in [-0.15, -0.1) is 24.0 Å². The predicted molar refractivity (Wildman–Crippen MR) is 129 cm³/mol. The number of nitro benzene ring substituents is 1. The van der Waals surface area contributed by atoms with E-state index in [0.717, 1.165) is 29.8 Å². The molecule has 9 heteroatoms. The van der Waals surface area contributed by atoms with Crippen molar-refractivity contribution in [1.82, 2.24) is 10.6 Å². The normalized spacial score (nSPS) is 10.8. The van der Waals surface area contributed by atoms with E-state index >= 15 is 0 Å². The molecule has 2 aromatic rings. The summed E-state index contributed by atoms with van der Waals surface area (Å²) >= 11 is 0. The highest BCUT2D eigenvalue weighted by Gasteiger charge is 2.05. The first-order chi connectivity index (χ1) is 14.1. The van der Waals surface area contributed by atoms with Crippen LogP contribution in [-0.2, 0) is 17.8 Å². The van der Waals surface area contributed by atoms with Crippen LogP contribution in [0.2, 0.25) is 0 Å². The molecule has 0 heterocycles. The molecule has 0 aliphatic carbocycles. The van der Waals surface area contributed by atoms with Crippen molar-refractivity contribution in [2.45, 2.75) is 26.4 Å². The highest BCUT2D eigenvalue weighted by molar-refractivity contribution is 14.0.